The smallest absolute Gasteiger partial charge is 0.475 e. The minimum atomic E-state index is -5.08. The van der Waals surface area contributed by atoms with Crippen molar-refractivity contribution in [3.8, 4) is 0 Å². The topological polar surface area (TPSA) is 214 Å². The maximum atomic E-state index is 13.6. The van der Waals surface area contributed by atoms with Crippen molar-refractivity contribution < 1.29 is 50.6 Å². The molecule has 1 aromatic heterocycles. The molecule has 0 spiro atoms. The van der Waals surface area contributed by atoms with Gasteiger partial charge in [-0.2, -0.15) is 23.0 Å². The molecule has 2 amide bonds. The van der Waals surface area contributed by atoms with Gasteiger partial charge in [0.2, 0.25) is 21.8 Å². The van der Waals surface area contributed by atoms with Crippen LogP contribution in [0.5, 0.6) is 0 Å². The lowest BCUT2D eigenvalue weighted by Gasteiger charge is -2.31. The number of nitrogens with zero attached hydrogens (tertiary/aromatic N) is 4. The quantitative estimate of drug-likeness (QED) is 0.0703. The molecule has 252 valence electrons. The molecule has 1 aliphatic heterocycles. The zero-order valence-electron chi connectivity index (χ0n) is 24.6. The third kappa shape index (κ3) is 13.3. The number of nitrogens with one attached hydrogen (secondary N) is 2. The van der Waals surface area contributed by atoms with E-state index in [4.69, 9.17) is 20.5 Å². The summed E-state index contributed by atoms with van der Waals surface area (Å²) in [4.78, 5) is 54.5. The van der Waals surface area contributed by atoms with E-state index in [1.165, 1.54) is 29.4 Å². The first-order chi connectivity index (χ1) is 21.2. The van der Waals surface area contributed by atoms with Crippen LogP contribution in [0.1, 0.15) is 45.4 Å². The fourth-order valence-electron chi connectivity index (χ4n) is 4.42. The Morgan fingerprint density at radius 3 is 2.53 bits per heavy atom. The number of hydrogen-bond acceptors (Lipinski definition) is 10. The number of nitrogens with two attached hydrogens (primary N) is 1. The van der Waals surface area contributed by atoms with Crippen molar-refractivity contribution in [2.24, 2.45) is 16.9 Å². The number of halogens is 3. The molecular formula is C26H38F3N7O8S. The highest BCUT2D eigenvalue weighted by Crippen LogP contribution is 2.28. The van der Waals surface area contributed by atoms with Crippen molar-refractivity contribution in [2.45, 2.75) is 68.6 Å². The number of carboxylic acid groups (broad SMARTS) is 1. The number of hydrogen-bond donors (Lipinski definition) is 4. The van der Waals surface area contributed by atoms with Crippen molar-refractivity contribution in [1.29, 1.82) is 0 Å². The number of aliphatic carboxylic acids is 1. The van der Waals surface area contributed by atoms with Gasteiger partial charge >= 0.3 is 18.1 Å². The molecule has 0 radical (unpaired) electrons. The normalized spacial score (nSPS) is 17.5. The van der Waals surface area contributed by atoms with Gasteiger partial charge in [0, 0.05) is 44.6 Å². The summed E-state index contributed by atoms with van der Waals surface area (Å²) in [6, 6.07) is 1.37. The lowest BCUT2D eigenvalue weighted by molar-refractivity contribution is -0.192. The molecule has 15 nitrogen and oxygen atoms in total. The molecule has 2 heterocycles. The van der Waals surface area contributed by atoms with Crippen molar-refractivity contribution in [2.75, 3.05) is 32.8 Å². The fourth-order valence-corrected chi connectivity index (χ4v) is 5.58. The van der Waals surface area contributed by atoms with Gasteiger partial charge in [0.05, 0.1) is 19.4 Å². The molecule has 2 aliphatic rings. The summed E-state index contributed by atoms with van der Waals surface area (Å²) in [7, 11) is -4.14. The van der Waals surface area contributed by atoms with Crippen LogP contribution in [-0.4, -0.2) is 109 Å². The molecule has 5 N–H and O–H groups in total. The largest absolute Gasteiger partial charge is 0.490 e. The van der Waals surface area contributed by atoms with E-state index in [2.05, 4.69) is 20.1 Å². The number of alkyl halides is 3. The lowest BCUT2D eigenvalue weighted by atomic mass is 9.98. The second kappa shape index (κ2) is 17.5. The molecule has 1 saturated carbocycles. The number of hydrazone groups is 1. The summed E-state index contributed by atoms with van der Waals surface area (Å²) in [5.41, 5.74) is 0. The highest BCUT2D eigenvalue weighted by molar-refractivity contribution is 7.89. The number of esters is 1. The van der Waals surface area contributed by atoms with Crippen LogP contribution in [0.3, 0.4) is 0 Å². The Hall–Kier alpha value is -4.00. The highest BCUT2D eigenvalue weighted by Gasteiger charge is 2.39. The van der Waals surface area contributed by atoms with Crippen LogP contribution in [0.4, 0.5) is 13.2 Å². The second-order valence-electron chi connectivity index (χ2n) is 10.3. The summed E-state index contributed by atoms with van der Waals surface area (Å²) in [6.07, 6.45) is 2.01. The average Bonchev–Trinajstić information content (AvgIpc) is 3.82. The Morgan fingerprint density at radius 2 is 1.98 bits per heavy atom. The van der Waals surface area contributed by atoms with Crippen LogP contribution in [0, 0.1) is 5.92 Å². The van der Waals surface area contributed by atoms with E-state index < -0.39 is 46.0 Å². The molecule has 1 aliphatic carbocycles. The van der Waals surface area contributed by atoms with Crippen molar-refractivity contribution in [3.05, 3.63) is 24.5 Å². The predicted molar refractivity (Wildman–Crippen MR) is 153 cm³/mol. The van der Waals surface area contributed by atoms with Crippen molar-refractivity contribution >= 4 is 40.1 Å². The first kappa shape index (κ1) is 37.2. The molecule has 2 atom stereocenters. The summed E-state index contributed by atoms with van der Waals surface area (Å²) < 4.78 is 65.2. The maximum Gasteiger partial charge on any atom is 0.490 e. The minimum absolute atomic E-state index is 0.0192. The van der Waals surface area contributed by atoms with Gasteiger partial charge in [-0.1, -0.05) is 0 Å². The third-order valence-corrected chi connectivity index (χ3v) is 8.13. The van der Waals surface area contributed by atoms with E-state index in [0.29, 0.717) is 13.1 Å². The van der Waals surface area contributed by atoms with E-state index in [0.717, 1.165) is 32.2 Å². The summed E-state index contributed by atoms with van der Waals surface area (Å²) in [5, 5.41) is 13.5. The van der Waals surface area contributed by atoms with Crippen molar-refractivity contribution in [1.82, 2.24) is 24.8 Å². The van der Waals surface area contributed by atoms with Crippen LogP contribution in [0.15, 0.2) is 34.5 Å². The van der Waals surface area contributed by atoms with Gasteiger partial charge in [-0.15, -0.1) is 0 Å². The van der Waals surface area contributed by atoms with Crippen molar-refractivity contribution in [3.63, 3.8) is 0 Å². The van der Waals surface area contributed by atoms with E-state index in [9.17, 15) is 36.0 Å². The number of carbonyl (C=O) groups is 4. The molecule has 0 unspecified atom stereocenters. The standard InChI is InChI=1S/C24H37N7O6S.C2HF3O2/c1-2-37-23(33)9-12-31(19-7-8-19)24(34)21(29-38(35,36)20-6-3-10-26-15-20)13-22(32)27-14-18-5-4-11-30(16-18)17-28-25;3-2(4,5)1(6)7/h3,6,10,15,17-19,21,29H,2,4-5,7-9,11-14,16,25H2,1H3,(H,27,32);(H,6,7)/t18-,21-;/m0./s1. The lowest BCUT2D eigenvalue weighted by Crippen LogP contribution is -2.52. The number of likely N-dealkylation sites (tertiary alicyclic amines) is 1. The van der Waals surface area contributed by atoms with E-state index in [1.54, 1.807) is 13.3 Å². The number of pyridine rings is 1. The number of piperidine rings is 1. The van der Waals surface area contributed by atoms with E-state index in [-0.39, 0.29) is 42.8 Å². The Labute approximate surface area is 258 Å². The number of amides is 2. The number of carboxylic acids is 1. The Morgan fingerprint density at radius 1 is 1.29 bits per heavy atom. The minimum Gasteiger partial charge on any atom is -0.475 e. The Kier molecular flexibility index (Phi) is 14.4. The molecule has 2 fully saturated rings. The van der Waals surface area contributed by atoms with Gasteiger partial charge in [-0.05, 0) is 50.7 Å². The van der Waals surface area contributed by atoms with Gasteiger partial charge < -0.3 is 30.8 Å². The molecule has 45 heavy (non-hydrogen) atoms. The van der Waals surface area contributed by atoms with Gasteiger partial charge in [-0.25, -0.2) is 13.2 Å². The van der Waals surface area contributed by atoms with Gasteiger partial charge in [-0.3, -0.25) is 19.4 Å². The Balaban J connectivity index is 0.000000900. The third-order valence-electron chi connectivity index (χ3n) is 6.67. The number of carbonyl (C=O) groups excluding carboxylic acids is 3. The molecule has 19 heteroatoms. The first-order valence-electron chi connectivity index (χ1n) is 14.1. The van der Waals surface area contributed by atoms with Crippen LogP contribution < -0.4 is 15.9 Å². The Bertz CT molecular complexity index is 1280. The number of aromatic nitrogens is 1. The molecule has 0 aromatic carbocycles. The maximum absolute atomic E-state index is 13.6. The van der Waals surface area contributed by atoms with Gasteiger partial charge in [0.25, 0.3) is 0 Å². The first-order valence-corrected chi connectivity index (χ1v) is 15.6. The summed E-state index contributed by atoms with van der Waals surface area (Å²) in [5.74, 6) is 1.20. The molecular weight excluding hydrogens is 627 g/mol. The van der Waals surface area contributed by atoms with Gasteiger partial charge in [0.15, 0.2) is 0 Å². The summed E-state index contributed by atoms with van der Waals surface area (Å²) >= 11 is 0. The molecule has 0 bridgehead atoms. The van der Waals surface area contributed by atoms with Crippen LogP contribution in [-0.2, 0) is 33.9 Å². The van der Waals surface area contributed by atoms with Crippen LogP contribution in [0.2, 0.25) is 0 Å². The zero-order chi connectivity index (χ0) is 33.6. The SMILES string of the molecule is CCOC(=O)CCN(C(=O)[C@H](CC(=O)NC[C@@H]1CCCN(C=NN)C1)NS(=O)(=O)c1cccnc1)C1CC1.O=C(O)C(F)(F)F. The van der Waals surface area contributed by atoms with E-state index >= 15 is 0 Å². The average molecular weight is 666 g/mol. The molecule has 3 rings (SSSR count). The number of sulfonamides is 1. The monoisotopic (exact) mass is 665 g/mol. The number of ether oxygens (including phenoxy) is 1. The van der Waals surface area contributed by atoms with Crippen LogP contribution in [0.25, 0.3) is 0 Å². The number of rotatable bonds is 14. The van der Waals surface area contributed by atoms with E-state index in [1.807, 2.05) is 4.90 Å². The second-order valence-corrected chi connectivity index (χ2v) is 12.0. The predicted octanol–water partition coefficient (Wildman–Crippen LogP) is 0.426. The van der Waals surface area contributed by atoms with Crippen LogP contribution >= 0.6 is 0 Å². The zero-order valence-corrected chi connectivity index (χ0v) is 25.4. The molecule has 1 aromatic rings. The fraction of sp³-hybridized carbons (Fsp3) is 0.615. The molecule has 1 saturated heterocycles. The highest BCUT2D eigenvalue weighted by atomic mass is 32.2. The summed E-state index contributed by atoms with van der Waals surface area (Å²) in [6.45, 7) is 3.89. The van der Waals surface area contributed by atoms with Gasteiger partial charge in [0.1, 0.15) is 17.3 Å².